The molecule has 3 heteroatoms. The van der Waals surface area contributed by atoms with Crippen molar-refractivity contribution in [1.82, 2.24) is 0 Å². The van der Waals surface area contributed by atoms with Crippen LogP contribution in [-0.2, 0) is 10.8 Å². The van der Waals surface area contributed by atoms with Crippen molar-refractivity contribution in [2.24, 2.45) is 0 Å². The molecule has 0 amide bonds. The highest BCUT2D eigenvalue weighted by Gasteiger charge is 2.42. The lowest BCUT2D eigenvalue weighted by molar-refractivity contribution is 0.529. The maximum atomic E-state index is 4.82. The lowest BCUT2D eigenvalue weighted by Gasteiger charge is -2.46. The average Bonchev–Trinajstić information content (AvgIpc) is 3.30. The molecule has 0 saturated heterocycles. The van der Waals surface area contributed by atoms with E-state index < -0.39 is 5.41 Å². The molecule has 0 fully saturated rings. The average molecular weight is 878 g/mol. The molecule has 6 aromatic carbocycles. The standard InChI is InChI=1S/C64H67N3/c1-13-22-52(37-49-24-17-14-18-25-49)66(55-33-42(2)47(7)43(3)34-55)54-30-31-61-58(39-54)64(11,12)60-41-57(40-59-62(60)65(61)46(6)23-16-15-21-32-63(59,9)10)67(56-35-44(4)48(8)45(5)36-56)53-29-28-50-26-19-20-27-51(50)38-53/h14-24,26-31,33-41H,6,13,25,32H2,1-5,7-12H3/b21-15-,23-16-,49-37-,52-22+. The van der Waals surface area contributed by atoms with E-state index in [-0.39, 0.29) is 5.41 Å². The highest BCUT2D eigenvalue weighted by Crippen LogP contribution is 2.57. The zero-order valence-corrected chi connectivity index (χ0v) is 41.7. The Labute approximate surface area is 401 Å². The smallest absolute Gasteiger partial charge is 0.0541 e. The molecule has 0 aromatic heterocycles. The Kier molecular flexibility index (Phi) is 12.0. The predicted molar refractivity (Wildman–Crippen MR) is 291 cm³/mol. The molecular formula is C64H67N3. The highest BCUT2D eigenvalue weighted by atomic mass is 15.2. The van der Waals surface area contributed by atoms with E-state index in [0.717, 1.165) is 53.4 Å². The molecule has 0 atom stereocenters. The maximum absolute atomic E-state index is 4.82. The molecule has 67 heavy (non-hydrogen) atoms. The van der Waals surface area contributed by atoms with Gasteiger partial charge in [-0.05, 0) is 212 Å². The zero-order chi connectivity index (χ0) is 47.4. The molecule has 0 unspecified atom stereocenters. The summed E-state index contributed by atoms with van der Waals surface area (Å²) >= 11 is 0. The van der Waals surface area contributed by atoms with Crippen molar-refractivity contribution in [2.45, 2.75) is 106 Å². The number of allylic oxidation sites excluding steroid dienone is 11. The molecule has 3 nitrogen and oxygen atoms in total. The van der Waals surface area contributed by atoms with Gasteiger partial charge in [0.15, 0.2) is 0 Å². The van der Waals surface area contributed by atoms with Crippen LogP contribution in [0, 0.1) is 41.5 Å². The van der Waals surface area contributed by atoms with Gasteiger partial charge in [-0.25, -0.2) is 0 Å². The van der Waals surface area contributed by atoms with Gasteiger partial charge in [-0.1, -0.05) is 120 Å². The van der Waals surface area contributed by atoms with E-state index in [2.05, 4.69) is 249 Å². The molecule has 338 valence electrons. The van der Waals surface area contributed by atoms with Gasteiger partial charge in [0.1, 0.15) is 0 Å². The number of rotatable bonds is 8. The number of hydrogen-bond acceptors (Lipinski definition) is 3. The van der Waals surface area contributed by atoms with Crippen LogP contribution in [0.1, 0.15) is 104 Å². The molecule has 1 aliphatic carbocycles. The number of nitrogens with zero attached hydrogens (tertiary/aromatic N) is 3. The van der Waals surface area contributed by atoms with Gasteiger partial charge in [-0.3, -0.25) is 0 Å². The van der Waals surface area contributed by atoms with E-state index in [1.807, 2.05) is 0 Å². The molecule has 0 radical (unpaired) electrons. The molecule has 9 rings (SSSR count). The first-order valence-corrected chi connectivity index (χ1v) is 24.2. The predicted octanol–water partition coefficient (Wildman–Crippen LogP) is 18.1. The number of benzene rings is 6. The molecule has 6 aromatic rings. The first-order chi connectivity index (χ1) is 32.1. The molecule has 0 saturated carbocycles. The normalized spacial score (nSPS) is 17.6. The minimum atomic E-state index is -0.426. The Morgan fingerprint density at radius 2 is 1.21 bits per heavy atom. The van der Waals surface area contributed by atoms with Crippen molar-refractivity contribution in [1.29, 1.82) is 0 Å². The third-order valence-electron chi connectivity index (χ3n) is 14.8. The first kappa shape index (κ1) is 45.3. The molecule has 2 aliphatic heterocycles. The Bertz CT molecular complexity index is 3110. The van der Waals surface area contributed by atoms with Gasteiger partial charge in [0, 0.05) is 45.2 Å². The van der Waals surface area contributed by atoms with Crippen molar-refractivity contribution in [3.63, 3.8) is 0 Å². The van der Waals surface area contributed by atoms with Crippen LogP contribution in [0.4, 0.5) is 39.8 Å². The van der Waals surface area contributed by atoms with Crippen LogP contribution >= 0.6 is 0 Å². The Balaban J connectivity index is 1.33. The van der Waals surface area contributed by atoms with Gasteiger partial charge in [0.25, 0.3) is 0 Å². The van der Waals surface area contributed by atoms with E-state index in [1.54, 1.807) is 0 Å². The number of hydrogen-bond donors (Lipinski definition) is 0. The second kappa shape index (κ2) is 17.8. The maximum Gasteiger partial charge on any atom is 0.0541 e. The Morgan fingerprint density at radius 1 is 0.612 bits per heavy atom. The fraction of sp³-hybridized carbons (Fsp3) is 0.250. The SMILES string of the molecule is C=C1/C=C\C=C/CC(C)(C)c2cc(N(c3cc(C)c(C)c(C)c3)c3ccc4ccccc4c3)cc3c2N1c1ccc(N(C(/C=C2/C=CC=CC2)=C/CC)c2cc(C)c(C)c(C)c2)cc1C3(C)C. The molecule has 3 aliphatic rings. The van der Waals surface area contributed by atoms with E-state index in [4.69, 9.17) is 6.58 Å². The second-order valence-corrected chi connectivity index (χ2v) is 20.3. The molecule has 0 spiro atoms. The van der Waals surface area contributed by atoms with Crippen molar-refractivity contribution in [3.05, 3.63) is 231 Å². The summed E-state index contributed by atoms with van der Waals surface area (Å²) in [5.74, 6) is 0. The van der Waals surface area contributed by atoms with Crippen LogP contribution in [0.3, 0.4) is 0 Å². The van der Waals surface area contributed by atoms with Gasteiger partial charge in [-0.2, -0.15) is 0 Å². The lowest BCUT2D eigenvalue weighted by atomic mass is 9.69. The van der Waals surface area contributed by atoms with Crippen molar-refractivity contribution in [2.75, 3.05) is 14.7 Å². The third kappa shape index (κ3) is 8.35. The number of anilines is 7. The third-order valence-corrected chi connectivity index (χ3v) is 14.8. The van der Waals surface area contributed by atoms with Gasteiger partial charge >= 0.3 is 0 Å². The minimum Gasteiger partial charge on any atom is -0.311 e. The molecular weight excluding hydrogens is 811 g/mol. The lowest BCUT2D eigenvalue weighted by Crippen LogP contribution is -2.35. The summed E-state index contributed by atoms with van der Waals surface area (Å²) in [6, 6.07) is 37.2. The first-order valence-electron chi connectivity index (χ1n) is 24.2. The largest absolute Gasteiger partial charge is 0.311 e. The van der Waals surface area contributed by atoms with E-state index >= 15 is 0 Å². The highest BCUT2D eigenvalue weighted by molar-refractivity contribution is 5.93. The fourth-order valence-electron chi connectivity index (χ4n) is 10.4. The summed E-state index contributed by atoms with van der Waals surface area (Å²) in [4.78, 5) is 7.46. The summed E-state index contributed by atoms with van der Waals surface area (Å²) in [6.07, 6.45) is 25.1. The molecule has 2 heterocycles. The molecule has 0 bridgehead atoms. The summed E-state index contributed by atoms with van der Waals surface area (Å²) in [7, 11) is 0. The zero-order valence-electron chi connectivity index (χ0n) is 41.7. The van der Waals surface area contributed by atoms with Gasteiger partial charge in [0.05, 0.1) is 11.4 Å². The Morgan fingerprint density at radius 3 is 1.88 bits per heavy atom. The minimum absolute atomic E-state index is 0.226. The van der Waals surface area contributed by atoms with Crippen LogP contribution in [0.15, 0.2) is 181 Å². The number of aryl methyl sites for hydroxylation is 4. The van der Waals surface area contributed by atoms with Crippen molar-refractivity contribution in [3.8, 4) is 0 Å². The van der Waals surface area contributed by atoms with Crippen molar-refractivity contribution >= 4 is 50.6 Å². The summed E-state index contributed by atoms with van der Waals surface area (Å²) in [6.45, 7) is 30.2. The van der Waals surface area contributed by atoms with E-state index in [9.17, 15) is 0 Å². The van der Waals surface area contributed by atoms with Crippen LogP contribution in [0.2, 0.25) is 0 Å². The molecule has 0 N–H and O–H groups in total. The van der Waals surface area contributed by atoms with Crippen LogP contribution in [-0.4, -0.2) is 0 Å². The van der Waals surface area contributed by atoms with Gasteiger partial charge in [-0.15, -0.1) is 0 Å². The fourth-order valence-corrected chi connectivity index (χ4v) is 10.4. The second-order valence-electron chi connectivity index (χ2n) is 20.3. The van der Waals surface area contributed by atoms with Gasteiger partial charge < -0.3 is 14.7 Å². The van der Waals surface area contributed by atoms with Crippen molar-refractivity contribution < 1.29 is 0 Å². The summed E-state index contributed by atoms with van der Waals surface area (Å²) in [5, 5.41) is 2.45. The summed E-state index contributed by atoms with van der Waals surface area (Å²) < 4.78 is 0. The van der Waals surface area contributed by atoms with Crippen LogP contribution in [0.5, 0.6) is 0 Å². The van der Waals surface area contributed by atoms with Gasteiger partial charge in [0.2, 0.25) is 0 Å². The topological polar surface area (TPSA) is 9.72 Å². The summed E-state index contributed by atoms with van der Waals surface area (Å²) in [5.41, 5.74) is 22.6. The van der Waals surface area contributed by atoms with E-state index in [1.165, 1.54) is 83.5 Å². The van der Waals surface area contributed by atoms with Crippen LogP contribution < -0.4 is 14.7 Å². The van der Waals surface area contributed by atoms with Crippen LogP contribution in [0.25, 0.3) is 10.8 Å². The quantitative estimate of drug-likeness (QED) is 0.151. The van der Waals surface area contributed by atoms with E-state index in [0.29, 0.717) is 0 Å². The number of fused-ring (bicyclic) bond motifs is 3. The Hall–Kier alpha value is -6.84. The monoisotopic (exact) mass is 878 g/mol.